The first-order chi connectivity index (χ1) is 15.7. The van der Waals surface area contributed by atoms with Crippen LogP contribution in [0.1, 0.15) is 40.7 Å². The predicted octanol–water partition coefficient (Wildman–Crippen LogP) is 3.20. The molecule has 4 rings (SSSR count). The van der Waals surface area contributed by atoms with Crippen molar-refractivity contribution in [3.63, 3.8) is 0 Å². The number of halogens is 3. The normalized spacial score (nSPS) is 16.2. The quantitative estimate of drug-likeness (QED) is 0.426. The zero-order valence-corrected chi connectivity index (χ0v) is 18.4. The number of hydrogen-bond acceptors (Lipinski definition) is 7. The maximum absolute atomic E-state index is 13.1. The number of nitrogens with zero attached hydrogens (tertiary/aromatic N) is 4. The lowest BCUT2D eigenvalue weighted by atomic mass is 9.88. The molecule has 2 heterocycles. The number of carbonyl (C=O) groups excluding carboxylic acids is 1. The largest absolute Gasteiger partial charge is 0.351 e. The number of carbonyl (C=O) groups is 1. The Morgan fingerprint density at radius 3 is 2.88 bits per heavy atom. The first-order valence-corrected chi connectivity index (χ1v) is 10.5. The van der Waals surface area contributed by atoms with Crippen molar-refractivity contribution in [3.05, 3.63) is 64.8 Å². The van der Waals surface area contributed by atoms with Crippen LogP contribution in [0, 0.1) is 6.92 Å². The van der Waals surface area contributed by atoms with Crippen LogP contribution in [0.2, 0.25) is 5.02 Å². The maximum Gasteiger partial charge on any atom is 0.273 e. The molecule has 1 aromatic carbocycles. The van der Waals surface area contributed by atoms with Crippen LogP contribution in [0.5, 0.6) is 0 Å². The number of nitrogens with two attached hydrogens (primary N) is 1. The second-order valence-corrected chi connectivity index (χ2v) is 8.15. The molecule has 174 valence electrons. The van der Waals surface area contributed by atoms with Gasteiger partial charge in [0.25, 0.3) is 11.8 Å². The minimum absolute atomic E-state index is 0.116. The summed E-state index contributed by atoms with van der Waals surface area (Å²) in [6.07, 6.45) is 3.18. The van der Waals surface area contributed by atoms with Crippen LogP contribution >= 0.6 is 11.6 Å². The number of anilines is 1. The SMILES string of the molecule is Cc1cnc(NC2CC(F)(F)C2)nc1-n1cnc(C(=O)NC(OCN)c2cccc(Cl)c2)c1. The first-order valence-electron chi connectivity index (χ1n) is 10.1. The van der Waals surface area contributed by atoms with Crippen molar-refractivity contribution in [1.29, 1.82) is 0 Å². The summed E-state index contributed by atoms with van der Waals surface area (Å²) < 4.78 is 33.2. The molecule has 2 aromatic heterocycles. The molecule has 1 amide bonds. The average Bonchev–Trinajstić information content (AvgIpc) is 3.23. The van der Waals surface area contributed by atoms with Gasteiger partial charge >= 0.3 is 0 Å². The Balaban J connectivity index is 1.49. The Bertz CT molecular complexity index is 1150. The second-order valence-electron chi connectivity index (χ2n) is 7.71. The molecule has 1 atom stereocenters. The van der Waals surface area contributed by atoms with Gasteiger partial charge in [0.1, 0.15) is 17.8 Å². The van der Waals surface area contributed by atoms with Crippen molar-refractivity contribution in [3.8, 4) is 5.82 Å². The van der Waals surface area contributed by atoms with Crippen molar-refractivity contribution in [2.24, 2.45) is 5.73 Å². The summed E-state index contributed by atoms with van der Waals surface area (Å²) in [5.74, 6) is -2.44. The van der Waals surface area contributed by atoms with Gasteiger partial charge in [0.2, 0.25) is 5.95 Å². The molecule has 33 heavy (non-hydrogen) atoms. The summed E-state index contributed by atoms with van der Waals surface area (Å²) in [5, 5.41) is 6.13. The minimum atomic E-state index is -2.64. The van der Waals surface area contributed by atoms with Crippen LogP contribution < -0.4 is 16.4 Å². The van der Waals surface area contributed by atoms with Crippen LogP contribution in [0.4, 0.5) is 14.7 Å². The molecular formula is C21H22ClF2N7O2. The van der Waals surface area contributed by atoms with E-state index in [1.165, 1.54) is 12.5 Å². The van der Waals surface area contributed by atoms with E-state index in [0.29, 0.717) is 22.0 Å². The molecule has 1 saturated carbocycles. The van der Waals surface area contributed by atoms with Gasteiger partial charge in [-0.15, -0.1) is 0 Å². The number of amides is 1. The lowest BCUT2D eigenvalue weighted by Crippen LogP contribution is -2.44. The standard InChI is InChI=1S/C21H22ClF2N7O2/c1-12-8-26-20(28-15-6-21(23,24)7-15)29-17(12)31-9-16(27-11-31)18(32)30-19(33-10-25)13-3-2-4-14(22)5-13/h2-5,8-9,11,15,19H,6-7,10,25H2,1H3,(H,30,32)(H,26,28,29). The molecule has 1 aliphatic carbocycles. The zero-order valence-electron chi connectivity index (χ0n) is 17.6. The fourth-order valence-corrected chi connectivity index (χ4v) is 3.64. The van der Waals surface area contributed by atoms with Gasteiger partial charge in [0.15, 0.2) is 6.23 Å². The smallest absolute Gasteiger partial charge is 0.273 e. The highest BCUT2D eigenvalue weighted by molar-refractivity contribution is 6.30. The van der Waals surface area contributed by atoms with Crippen molar-refractivity contribution in [1.82, 2.24) is 24.8 Å². The summed E-state index contributed by atoms with van der Waals surface area (Å²) >= 11 is 6.03. The van der Waals surface area contributed by atoms with Gasteiger partial charge in [-0.3, -0.25) is 9.36 Å². The molecule has 1 aliphatic rings. The summed E-state index contributed by atoms with van der Waals surface area (Å²) in [5.41, 5.74) is 6.97. The van der Waals surface area contributed by atoms with Crippen molar-refractivity contribution in [2.75, 3.05) is 12.0 Å². The van der Waals surface area contributed by atoms with E-state index in [1.54, 1.807) is 42.0 Å². The van der Waals surface area contributed by atoms with Crippen LogP contribution in [0.3, 0.4) is 0 Å². The molecule has 0 bridgehead atoms. The molecule has 0 saturated heterocycles. The fourth-order valence-electron chi connectivity index (χ4n) is 3.45. The molecule has 3 aromatic rings. The Morgan fingerprint density at radius 1 is 1.39 bits per heavy atom. The fraction of sp³-hybridized carbons (Fsp3) is 0.333. The Hall–Kier alpha value is -3.15. The molecule has 12 heteroatoms. The van der Waals surface area contributed by atoms with E-state index in [0.717, 1.165) is 0 Å². The van der Waals surface area contributed by atoms with E-state index in [4.69, 9.17) is 22.1 Å². The number of imidazole rings is 1. The summed E-state index contributed by atoms with van der Waals surface area (Å²) in [7, 11) is 0. The molecule has 9 nitrogen and oxygen atoms in total. The van der Waals surface area contributed by atoms with Crippen LogP contribution in [-0.4, -0.2) is 44.1 Å². The van der Waals surface area contributed by atoms with Crippen molar-refractivity contribution >= 4 is 23.5 Å². The third kappa shape index (κ3) is 5.44. The summed E-state index contributed by atoms with van der Waals surface area (Å²) in [6.45, 7) is 1.68. The second kappa shape index (κ2) is 9.38. The third-order valence-corrected chi connectivity index (χ3v) is 5.34. The number of hydrogen-bond donors (Lipinski definition) is 3. The predicted molar refractivity (Wildman–Crippen MR) is 117 cm³/mol. The minimum Gasteiger partial charge on any atom is -0.351 e. The molecule has 1 fully saturated rings. The third-order valence-electron chi connectivity index (χ3n) is 5.10. The highest BCUT2D eigenvalue weighted by Crippen LogP contribution is 2.38. The molecule has 0 aliphatic heterocycles. The summed E-state index contributed by atoms with van der Waals surface area (Å²) in [4.78, 5) is 25.5. The molecule has 1 unspecified atom stereocenters. The number of alkyl halides is 2. The van der Waals surface area contributed by atoms with Crippen LogP contribution in [0.25, 0.3) is 5.82 Å². The van der Waals surface area contributed by atoms with Gasteiger partial charge in [-0.25, -0.2) is 18.7 Å². The topological polar surface area (TPSA) is 120 Å². The van der Waals surface area contributed by atoms with Crippen molar-refractivity contribution in [2.45, 2.75) is 38.0 Å². The average molecular weight is 478 g/mol. The van der Waals surface area contributed by atoms with E-state index >= 15 is 0 Å². The highest BCUT2D eigenvalue weighted by atomic mass is 35.5. The maximum atomic E-state index is 13.1. The molecule has 0 radical (unpaired) electrons. The van der Waals surface area contributed by atoms with E-state index < -0.39 is 18.1 Å². The highest BCUT2D eigenvalue weighted by Gasteiger charge is 2.45. The molecule has 0 spiro atoms. The number of rotatable bonds is 8. The first kappa shape index (κ1) is 23.0. The summed E-state index contributed by atoms with van der Waals surface area (Å²) in [6, 6.07) is 6.47. The number of benzene rings is 1. The number of ether oxygens (including phenoxy) is 1. The monoisotopic (exact) mass is 477 g/mol. The lowest BCUT2D eigenvalue weighted by Gasteiger charge is -2.35. The number of nitrogens with one attached hydrogen (secondary N) is 2. The Labute approximate surface area is 193 Å². The van der Waals surface area contributed by atoms with Gasteiger partial charge in [0.05, 0.1) is 6.73 Å². The Kier molecular flexibility index (Phi) is 6.54. The van der Waals surface area contributed by atoms with Gasteiger partial charge < -0.3 is 21.1 Å². The Morgan fingerprint density at radius 2 is 2.18 bits per heavy atom. The zero-order chi connectivity index (χ0) is 23.6. The van der Waals surface area contributed by atoms with E-state index in [-0.39, 0.29) is 37.3 Å². The van der Waals surface area contributed by atoms with Gasteiger partial charge in [0, 0.05) is 47.4 Å². The molecule has 4 N–H and O–H groups in total. The lowest BCUT2D eigenvalue weighted by molar-refractivity contribution is -0.0794. The van der Waals surface area contributed by atoms with Gasteiger partial charge in [-0.1, -0.05) is 23.7 Å². The van der Waals surface area contributed by atoms with Gasteiger partial charge in [-0.05, 0) is 19.1 Å². The van der Waals surface area contributed by atoms with E-state index in [2.05, 4.69) is 25.6 Å². The van der Waals surface area contributed by atoms with E-state index in [9.17, 15) is 13.6 Å². The molecular weight excluding hydrogens is 456 g/mol. The van der Waals surface area contributed by atoms with E-state index in [1.807, 2.05) is 0 Å². The van der Waals surface area contributed by atoms with Crippen LogP contribution in [0.15, 0.2) is 43.0 Å². The van der Waals surface area contributed by atoms with Crippen molar-refractivity contribution < 1.29 is 18.3 Å². The number of aromatic nitrogens is 4. The van der Waals surface area contributed by atoms with Crippen LogP contribution in [-0.2, 0) is 4.74 Å². The number of aryl methyl sites for hydroxylation is 1. The van der Waals surface area contributed by atoms with Gasteiger partial charge in [-0.2, -0.15) is 4.98 Å².